The molecule has 0 bridgehead atoms. The second-order valence-corrected chi connectivity index (χ2v) is 6.16. The minimum Gasteiger partial charge on any atom is -0.466 e. The Labute approximate surface area is 130 Å². The maximum atomic E-state index is 11.3. The van der Waals surface area contributed by atoms with E-state index < -0.39 is 16.1 Å². The molecule has 0 fully saturated rings. The molecule has 0 aliphatic heterocycles. The SMILES string of the molecule is CCOC(=O)NC(Oc1ccc(Cl)cc1)C(Cl)(Cl)Cl. The smallest absolute Gasteiger partial charge is 0.410 e. The highest BCUT2D eigenvalue weighted by molar-refractivity contribution is 6.68. The summed E-state index contributed by atoms with van der Waals surface area (Å²) < 4.78 is 8.23. The van der Waals surface area contributed by atoms with Gasteiger partial charge in [-0.15, -0.1) is 0 Å². The molecule has 1 amide bonds. The van der Waals surface area contributed by atoms with Crippen LogP contribution >= 0.6 is 46.4 Å². The van der Waals surface area contributed by atoms with Crippen molar-refractivity contribution in [3.05, 3.63) is 29.3 Å². The molecule has 0 saturated heterocycles. The number of hydrogen-bond donors (Lipinski definition) is 1. The monoisotopic (exact) mass is 345 g/mol. The van der Waals surface area contributed by atoms with Crippen LogP contribution in [0, 0.1) is 0 Å². The Hall–Kier alpha value is -0.550. The highest BCUT2D eigenvalue weighted by atomic mass is 35.6. The minimum absolute atomic E-state index is 0.194. The molecular formula is C11H11Cl4NO3. The first kappa shape index (κ1) is 16.5. The zero-order valence-electron chi connectivity index (χ0n) is 9.83. The van der Waals surface area contributed by atoms with Gasteiger partial charge in [-0.25, -0.2) is 4.79 Å². The largest absolute Gasteiger partial charge is 0.466 e. The Morgan fingerprint density at radius 3 is 2.37 bits per heavy atom. The molecule has 0 aromatic heterocycles. The van der Waals surface area contributed by atoms with Crippen LogP contribution in [0.15, 0.2) is 24.3 Å². The number of hydrogen-bond acceptors (Lipinski definition) is 3. The number of amides is 1. The van der Waals surface area contributed by atoms with Crippen molar-refractivity contribution in [1.29, 1.82) is 0 Å². The van der Waals surface area contributed by atoms with Gasteiger partial charge in [0.15, 0.2) is 0 Å². The third-order valence-corrected chi connectivity index (χ3v) is 2.74. The minimum atomic E-state index is -1.85. The number of carbonyl (C=O) groups excluding carboxylic acids is 1. The fraction of sp³-hybridized carbons (Fsp3) is 0.364. The summed E-state index contributed by atoms with van der Waals surface area (Å²) in [6, 6.07) is 6.38. The maximum absolute atomic E-state index is 11.3. The van der Waals surface area contributed by atoms with E-state index in [1.165, 1.54) is 0 Å². The molecule has 1 aromatic carbocycles. The van der Waals surface area contributed by atoms with Gasteiger partial charge in [0.25, 0.3) is 0 Å². The van der Waals surface area contributed by atoms with Gasteiger partial charge in [0, 0.05) is 5.02 Å². The van der Waals surface area contributed by atoms with Crippen molar-refractivity contribution >= 4 is 52.5 Å². The second kappa shape index (κ2) is 7.29. The number of halogens is 4. The van der Waals surface area contributed by atoms with Crippen LogP contribution in [-0.4, -0.2) is 22.7 Å². The number of ether oxygens (including phenoxy) is 2. The molecule has 106 valence electrons. The Kier molecular flexibility index (Phi) is 6.33. The van der Waals surface area contributed by atoms with Gasteiger partial charge in [-0.1, -0.05) is 46.4 Å². The van der Waals surface area contributed by atoms with E-state index in [-0.39, 0.29) is 6.61 Å². The first-order chi connectivity index (χ1) is 8.82. The summed E-state index contributed by atoms with van der Waals surface area (Å²) in [7, 11) is 0. The summed E-state index contributed by atoms with van der Waals surface area (Å²) >= 11 is 22.9. The summed E-state index contributed by atoms with van der Waals surface area (Å²) in [6.07, 6.45) is -1.94. The number of benzene rings is 1. The number of carbonyl (C=O) groups is 1. The molecule has 1 rings (SSSR count). The molecule has 1 N–H and O–H groups in total. The molecule has 19 heavy (non-hydrogen) atoms. The van der Waals surface area contributed by atoms with Gasteiger partial charge in [-0.2, -0.15) is 0 Å². The molecule has 0 heterocycles. The molecular weight excluding hydrogens is 336 g/mol. The van der Waals surface area contributed by atoms with Crippen LogP contribution in [0.1, 0.15) is 6.92 Å². The standard InChI is InChI=1S/C11H11Cl4NO3/c1-2-18-10(17)16-9(11(13,14)15)19-8-5-3-7(12)4-6-8/h3-6,9H,2H2,1H3,(H,16,17). The van der Waals surface area contributed by atoms with Crippen LogP contribution in [0.3, 0.4) is 0 Å². The fourth-order valence-electron chi connectivity index (χ4n) is 1.11. The molecule has 0 aliphatic rings. The molecule has 0 spiro atoms. The van der Waals surface area contributed by atoms with E-state index in [0.717, 1.165) is 0 Å². The van der Waals surface area contributed by atoms with Crippen LogP contribution in [0.25, 0.3) is 0 Å². The van der Waals surface area contributed by atoms with E-state index in [4.69, 9.17) is 55.9 Å². The fourth-order valence-corrected chi connectivity index (χ4v) is 1.53. The number of alkyl carbamates (subject to hydrolysis) is 1. The van der Waals surface area contributed by atoms with Crippen LogP contribution < -0.4 is 10.1 Å². The third-order valence-electron chi connectivity index (χ3n) is 1.89. The predicted molar refractivity (Wildman–Crippen MR) is 76.3 cm³/mol. The number of rotatable bonds is 4. The number of alkyl halides is 3. The molecule has 1 unspecified atom stereocenters. The maximum Gasteiger partial charge on any atom is 0.410 e. The lowest BCUT2D eigenvalue weighted by atomic mass is 10.3. The van der Waals surface area contributed by atoms with E-state index in [1.54, 1.807) is 31.2 Å². The van der Waals surface area contributed by atoms with Gasteiger partial charge in [0.2, 0.25) is 10.0 Å². The van der Waals surface area contributed by atoms with E-state index in [2.05, 4.69) is 5.32 Å². The average molecular weight is 347 g/mol. The summed E-state index contributed by atoms with van der Waals surface area (Å²) in [5, 5.41) is 2.85. The summed E-state index contributed by atoms with van der Waals surface area (Å²) in [5.41, 5.74) is 0. The van der Waals surface area contributed by atoms with E-state index in [0.29, 0.717) is 10.8 Å². The third kappa shape index (κ3) is 5.95. The van der Waals surface area contributed by atoms with Gasteiger partial charge in [0.05, 0.1) is 6.61 Å². The number of nitrogens with one attached hydrogen (secondary N) is 1. The molecule has 0 radical (unpaired) electrons. The van der Waals surface area contributed by atoms with E-state index >= 15 is 0 Å². The summed E-state index contributed by atoms with van der Waals surface area (Å²) in [5.74, 6) is 0.387. The predicted octanol–water partition coefficient (Wildman–Crippen LogP) is 4.16. The van der Waals surface area contributed by atoms with Crippen molar-refractivity contribution < 1.29 is 14.3 Å². The van der Waals surface area contributed by atoms with Crippen molar-refractivity contribution in [3.8, 4) is 5.75 Å². The zero-order chi connectivity index (χ0) is 14.5. The molecule has 1 atom stereocenters. The Morgan fingerprint density at radius 1 is 1.32 bits per heavy atom. The topological polar surface area (TPSA) is 47.6 Å². The Morgan fingerprint density at radius 2 is 1.89 bits per heavy atom. The van der Waals surface area contributed by atoms with Crippen molar-refractivity contribution in [3.63, 3.8) is 0 Å². The molecule has 0 aliphatic carbocycles. The van der Waals surface area contributed by atoms with Crippen LogP contribution in [0.5, 0.6) is 5.75 Å². The first-order valence-corrected chi connectivity index (χ1v) is 6.76. The zero-order valence-corrected chi connectivity index (χ0v) is 12.9. The highest BCUT2D eigenvalue weighted by Gasteiger charge is 2.36. The quantitative estimate of drug-likeness (QED) is 0.657. The van der Waals surface area contributed by atoms with Gasteiger partial charge in [-0.05, 0) is 31.2 Å². The van der Waals surface area contributed by atoms with Crippen molar-refractivity contribution in [2.24, 2.45) is 0 Å². The first-order valence-electron chi connectivity index (χ1n) is 5.25. The van der Waals surface area contributed by atoms with Crippen LogP contribution in [0.2, 0.25) is 5.02 Å². The van der Waals surface area contributed by atoms with Gasteiger partial charge >= 0.3 is 6.09 Å². The Bertz CT molecular complexity index is 419. The van der Waals surface area contributed by atoms with Crippen molar-refractivity contribution in [1.82, 2.24) is 5.32 Å². The van der Waals surface area contributed by atoms with Crippen LogP contribution in [-0.2, 0) is 4.74 Å². The lowest BCUT2D eigenvalue weighted by Crippen LogP contribution is -2.48. The van der Waals surface area contributed by atoms with Gasteiger partial charge in [-0.3, -0.25) is 5.32 Å². The Balaban J connectivity index is 2.75. The lowest BCUT2D eigenvalue weighted by molar-refractivity contribution is 0.115. The second-order valence-electron chi connectivity index (χ2n) is 3.36. The highest BCUT2D eigenvalue weighted by Crippen LogP contribution is 2.32. The molecule has 1 aromatic rings. The van der Waals surface area contributed by atoms with Gasteiger partial charge < -0.3 is 9.47 Å². The summed E-state index contributed by atoms with van der Waals surface area (Å²) in [6.45, 7) is 1.85. The van der Waals surface area contributed by atoms with E-state index in [1.807, 2.05) is 0 Å². The molecule has 8 heteroatoms. The van der Waals surface area contributed by atoms with Crippen molar-refractivity contribution in [2.75, 3.05) is 6.61 Å². The molecule has 0 saturated carbocycles. The lowest BCUT2D eigenvalue weighted by Gasteiger charge is -2.25. The normalized spacial score (nSPS) is 12.7. The van der Waals surface area contributed by atoms with Crippen molar-refractivity contribution in [2.45, 2.75) is 16.9 Å². The van der Waals surface area contributed by atoms with Gasteiger partial charge in [0.1, 0.15) is 5.75 Å². The van der Waals surface area contributed by atoms with E-state index in [9.17, 15) is 4.79 Å². The molecule has 4 nitrogen and oxygen atoms in total. The van der Waals surface area contributed by atoms with Crippen LogP contribution in [0.4, 0.5) is 4.79 Å². The summed E-state index contributed by atoms with van der Waals surface area (Å²) in [4.78, 5) is 11.3. The average Bonchev–Trinajstić information content (AvgIpc) is 2.30.